The van der Waals surface area contributed by atoms with Crippen molar-refractivity contribution < 1.29 is 22.7 Å². The van der Waals surface area contributed by atoms with Gasteiger partial charge in [0.25, 0.3) is 0 Å². The van der Waals surface area contributed by atoms with Crippen molar-refractivity contribution >= 4 is 45.8 Å². The third-order valence-electron chi connectivity index (χ3n) is 5.06. The second-order valence-electron chi connectivity index (χ2n) is 7.44. The van der Waals surface area contributed by atoms with Crippen LogP contribution in [0.15, 0.2) is 48.5 Å². The number of para-hydroxylation sites is 1. The topological polar surface area (TPSA) is 108 Å². The standard InChI is InChI=1S/C22H22ClFN2O2.H3NO2S/c23-19-13-17(7-8-20(19)24)25-22(27)26(14-15-5-6-15)21-4-2-1-3-18(21)16-9-11-28-12-10-16;1-4(2)3/h1-4,7-9,13,15H,5-6,10-12,14H2,(H,25,27);1H2,(H,2,3)/p-1. The lowest BCUT2D eigenvalue weighted by molar-refractivity contribution is 0.161. The first-order chi connectivity index (χ1) is 15.3. The monoisotopic (exact) mass is 480 g/mol. The molecule has 7 nitrogen and oxygen atoms in total. The molecule has 10 heteroatoms. The Labute approximate surface area is 193 Å². The number of hydrogen-bond donors (Lipinski definition) is 2. The minimum atomic E-state index is -2.36. The lowest BCUT2D eigenvalue weighted by atomic mass is 9.99. The summed E-state index contributed by atoms with van der Waals surface area (Å²) in [4.78, 5) is 14.9. The Bertz CT molecular complexity index is 1010. The van der Waals surface area contributed by atoms with Crippen molar-refractivity contribution in [3.8, 4) is 0 Å². The van der Waals surface area contributed by atoms with E-state index in [-0.39, 0.29) is 11.1 Å². The molecular weight excluding hydrogens is 457 g/mol. The molecule has 1 heterocycles. The normalized spacial score (nSPS) is 16.3. The number of carbonyl (C=O) groups is 1. The van der Waals surface area contributed by atoms with E-state index < -0.39 is 17.1 Å². The van der Waals surface area contributed by atoms with E-state index in [1.165, 1.54) is 23.8 Å². The second kappa shape index (κ2) is 11.5. The average Bonchev–Trinajstić information content (AvgIpc) is 3.59. The molecule has 0 spiro atoms. The SMILES string of the molecule is NS(=O)[O-].O=C(Nc1ccc(F)c(Cl)c1)N(CC1CC1)c1ccccc1C1=CCOCC1. The fourth-order valence-electron chi connectivity index (χ4n) is 3.37. The van der Waals surface area contributed by atoms with Gasteiger partial charge in [-0.05, 0) is 55.0 Å². The van der Waals surface area contributed by atoms with Crippen molar-refractivity contribution in [2.75, 3.05) is 30.0 Å². The molecular formula is C22H24ClFN3O4S-. The molecule has 1 aliphatic heterocycles. The van der Waals surface area contributed by atoms with E-state index in [0.29, 0.717) is 31.4 Å². The summed E-state index contributed by atoms with van der Waals surface area (Å²) in [7, 11) is 0. The van der Waals surface area contributed by atoms with Crippen molar-refractivity contribution in [3.63, 3.8) is 0 Å². The van der Waals surface area contributed by atoms with Gasteiger partial charge in [-0.25, -0.2) is 9.18 Å². The zero-order chi connectivity index (χ0) is 23.1. The molecule has 0 aromatic heterocycles. The molecule has 2 amide bonds. The zero-order valence-corrected chi connectivity index (χ0v) is 18.8. The molecule has 0 saturated heterocycles. The highest BCUT2D eigenvalue weighted by Crippen LogP contribution is 2.36. The fourth-order valence-corrected chi connectivity index (χ4v) is 3.55. The van der Waals surface area contributed by atoms with Crippen LogP contribution in [0.1, 0.15) is 24.8 Å². The first kappa shape index (κ1) is 24.3. The van der Waals surface area contributed by atoms with Gasteiger partial charge in [0.05, 0.1) is 23.9 Å². The second-order valence-corrected chi connectivity index (χ2v) is 8.37. The molecule has 1 unspecified atom stereocenters. The van der Waals surface area contributed by atoms with Gasteiger partial charge in [-0.1, -0.05) is 35.9 Å². The maximum absolute atomic E-state index is 13.4. The van der Waals surface area contributed by atoms with Gasteiger partial charge >= 0.3 is 6.03 Å². The van der Waals surface area contributed by atoms with Crippen LogP contribution in [0.25, 0.3) is 5.57 Å². The van der Waals surface area contributed by atoms with Crippen LogP contribution in [-0.4, -0.2) is 34.6 Å². The van der Waals surface area contributed by atoms with Gasteiger partial charge in [0, 0.05) is 29.1 Å². The number of rotatable bonds is 5. The van der Waals surface area contributed by atoms with Crippen LogP contribution >= 0.6 is 11.6 Å². The highest BCUT2D eigenvalue weighted by Gasteiger charge is 2.29. The Morgan fingerprint density at radius 1 is 1.31 bits per heavy atom. The number of urea groups is 1. The van der Waals surface area contributed by atoms with Crippen molar-refractivity contribution in [3.05, 3.63) is 64.9 Å². The summed E-state index contributed by atoms with van der Waals surface area (Å²) >= 11 is 3.49. The Hall–Kier alpha value is -2.30. The third kappa shape index (κ3) is 7.11. The van der Waals surface area contributed by atoms with Gasteiger partial charge in [0.2, 0.25) is 0 Å². The predicted octanol–water partition coefficient (Wildman–Crippen LogP) is 4.47. The molecule has 32 heavy (non-hydrogen) atoms. The van der Waals surface area contributed by atoms with Gasteiger partial charge in [-0.3, -0.25) is 14.2 Å². The summed E-state index contributed by atoms with van der Waals surface area (Å²) < 4.78 is 36.4. The quantitative estimate of drug-likeness (QED) is 0.615. The lowest BCUT2D eigenvalue weighted by Crippen LogP contribution is -2.37. The number of ether oxygens (including phenoxy) is 1. The Kier molecular flexibility index (Phi) is 8.77. The van der Waals surface area contributed by atoms with Crippen LogP contribution in [0.3, 0.4) is 0 Å². The number of nitrogens with zero attached hydrogens (tertiary/aromatic N) is 1. The Morgan fingerprint density at radius 2 is 2.03 bits per heavy atom. The molecule has 2 aromatic carbocycles. The number of nitrogens with one attached hydrogen (secondary N) is 1. The molecule has 4 rings (SSSR count). The molecule has 2 aliphatic rings. The van der Waals surface area contributed by atoms with Crippen LogP contribution in [-0.2, 0) is 16.0 Å². The van der Waals surface area contributed by atoms with E-state index in [2.05, 4.69) is 22.6 Å². The van der Waals surface area contributed by atoms with Gasteiger partial charge in [-0.15, -0.1) is 0 Å². The molecule has 2 aromatic rings. The third-order valence-corrected chi connectivity index (χ3v) is 5.35. The first-order valence-corrected chi connectivity index (χ1v) is 11.6. The number of benzene rings is 2. The van der Waals surface area contributed by atoms with Gasteiger partial charge in [0.1, 0.15) is 5.82 Å². The minimum Gasteiger partial charge on any atom is -0.760 e. The molecule has 3 N–H and O–H groups in total. The largest absolute Gasteiger partial charge is 0.760 e. The van der Waals surface area contributed by atoms with E-state index in [1.54, 1.807) is 4.90 Å². The maximum atomic E-state index is 13.4. The van der Waals surface area contributed by atoms with E-state index in [1.807, 2.05) is 18.2 Å². The number of amides is 2. The van der Waals surface area contributed by atoms with E-state index in [0.717, 1.165) is 30.5 Å². The zero-order valence-electron chi connectivity index (χ0n) is 17.3. The highest BCUT2D eigenvalue weighted by molar-refractivity contribution is 7.76. The molecule has 1 fully saturated rings. The van der Waals surface area contributed by atoms with E-state index in [9.17, 15) is 9.18 Å². The Balaban J connectivity index is 0.000000668. The number of carbonyl (C=O) groups excluding carboxylic acids is 1. The summed E-state index contributed by atoms with van der Waals surface area (Å²) in [5.41, 5.74) is 3.60. The average molecular weight is 481 g/mol. The number of anilines is 2. The van der Waals surface area contributed by atoms with Crippen LogP contribution in [0, 0.1) is 11.7 Å². The van der Waals surface area contributed by atoms with Crippen LogP contribution in [0.5, 0.6) is 0 Å². The summed E-state index contributed by atoms with van der Waals surface area (Å²) in [5.74, 6) is 0.00517. The van der Waals surface area contributed by atoms with Crippen molar-refractivity contribution in [1.82, 2.24) is 0 Å². The smallest absolute Gasteiger partial charge is 0.326 e. The lowest BCUT2D eigenvalue weighted by Gasteiger charge is -2.27. The Morgan fingerprint density at radius 3 is 2.66 bits per heavy atom. The summed E-state index contributed by atoms with van der Waals surface area (Å²) in [6.45, 7) is 1.93. The molecule has 0 bridgehead atoms. The van der Waals surface area contributed by atoms with Crippen LogP contribution < -0.4 is 15.4 Å². The molecule has 1 aliphatic carbocycles. The first-order valence-electron chi connectivity index (χ1n) is 10.1. The number of hydrogen-bond acceptors (Lipinski definition) is 4. The van der Waals surface area contributed by atoms with E-state index in [4.69, 9.17) is 25.1 Å². The summed E-state index contributed by atoms with van der Waals surface area (Å²) in [6.07, 6.45) is 5.16. The van der Waals surface area contributed by atoms with Crippen molar-refractivity contribution in [1.29, 1.82) is 0 Å². The van der Waals surface area contributed by atoms with Gasteiger partial charge in [-0.2, -0.15) is 0 Å². The summed E-state index contributed by atoms with van der Waals surface area (Å²) in [6, 6.07) is 11.9. The highest BCUT2D eigenvalue weighted by atomic mass is 35.5. The summed E-state index contributed by atoms with van der Waals surface area (Å²) in [5, 5.41) is 6.88. The van der Waals surface area contributed by atoms with Crippen LogP contribution in [0.4, 0.5) is 20.6 Å². The minimum absolute atomic E-state index is 0.0145. The van der Waals surface area contributed by atoms with E-state index >= 15 is 0 Å². The molecule has 0 radical (unpaired) electrons. The molecule has 1 saturated carbocycles. The van der Waals surface area contributed by atoms with Crippen LogP contribution in [0.2, 0.25) is 5.02 Å². The van der Waals surface area contributed by atoms with Crippen molar-refractivity contribution in [2.45, 2.75) is 19.3 Å². The molecule has 172 valence electrons. The predicted molar refractivity (Wildman–Crippen MR) is 123 cm³/mol. The maximum Gasteiger partial charge on any atom is 0.326 e. The van der Waals surface area contributed by atoms with Gasteiger partial charge in [0.15, 0.2) is 0 Å². The number of halogens is 2. The fraction of sp³-hybridized carbons (Fsp3) is 0.318. The van der Waals surface area contributed by atoms with Gasteiger partial charge < -0.3 is 14.6 Å². The molecule has 1 atom stereocenters. The van der Waals surface area contributed by atoms with Crippen molar-refractivity contribution in [2.24, 2.45) is 11.1 Å². The number of nitrogens with two attached hydrogens (primary N) is 1.